The molecule has 0 aliphatic heterocycles. The molecule has 6 nitrogen and oxygen atoms in total. The van der Waals surface area contributed by atoms with Crippen molar-refractivity contribution in [1.29, 1.82) is 0 Å². The molecule has 0 heterocycles. The van der Waals surface area contributed by atoms with Crippen molar-refractivity contribution >= 4 is 35.4 Å². The van der Waals surface area contributed by atoms with E-state index in [0.29, 0.717) is 24.8 Å². The van der Waals surface area contributed by atoms with Crippen LogP contribution < -0.4 is 0 Å². The Morgan fingerprint density at radius 2 is 1.97 bits per heavy atom. The number of carbonyl (C=O) groups is 3. The van der Waals surface area contributed by atoms with Crippen LogP contribution in [0, 0.1) is 39.8 Å². The number of aliphatic hydroxyl groups excluding tert-OH is 1. The third kappa shape index (κ3) is 5.08. The second-order valence-corrected chi connectivity index (χ2v) is 12.6. The van der Waals surface area contributed by atoms with Crippen molar-refractivity contribution < 1.29 is 33.4 Å². The Morgan fingerprint density at radius 1 is 1.26 bits per heavy atom. The number of esters is 2. The lowest BCUT2D eigenvalue weighted by Gasteiger charge is -2.61. The summed E-state index contributed by atoms with van der Waals surface area (Å²) in [5, 5.41) is 11.5. The van der Waals surface area contributed by atoms with Crippen LogP contribution in [-0.4, -0.2) is 41.6 Å². The molecular weight excluding hydrogens is 523 g/mol. The minimum atomic E-state index is -0.771. The molecular formula is C31H38ClFO6. The predicted octanol–water partition coefficient (Wildman–Crippen LogP) is 5.94. The first-order valence-corrected chi connectivity index (χ1v) is 14.0. The van der Waals surface area contributed by atoms with E-state index < -0.39 is 47.4 Å². The molecule has 1 aromatic rings. The van der Waals surface area contributed by atoms with E-state index in [1.807, 2.05) is 20.8 Å². The van der Waals surface area contributed by atoms with Crippen molar-refractivity contribution in [3.05, 3.63) is 53.3 Å². The molecule has 0 amide bonds. The Labute approximate surface area is 234 Å². The molecule has 1 aromatic carbocycles. The Bertz CT molecular complexity index is 1200. The van der Waals surface area contributed by atoms with E-state index in [-0.39, 0.29) is 34.0 Å². The van der Waals surface area contributed by atoms with Gasteiger partial charge in [0.25, 0.3) is 0 Å². The predicted molar refractivity (Wildman–Crippen MR) is 146 cm³/mol. The first kappa shape index (κ1) is 29.5. The maximum atomic E-state index is 13.4. The van der Waals surface area contributed by atoms with Crippen molar-refractivity contribution in [2.24, 2.45) is 34.0 Å². The molecule has 212 valence electrons. The van der Waals surface area contributed by atoms with E-state index in [2.05, 4.69) is 13.5 Å². The van der Waals surface area contributed by atoms with Crippen LogP contribution in [0.15, 0.2) is 36.9 Å². The average molecular weight is 561 g/mol. The first-order valence-electron chi connectivity index (χ1n) is 13.6. The molecule has 39 heavy (non-hydrogen) atoms. The number of hydrogen-bond donors (Lipinski definition) is 1. The summed E-state index contributed by atoms with van der Waals surface area (Å²) in [7, 11) is 0. The molecule has 0 unspecified atom stereocenters. The average Bonchev–Trinajstić information content (AvgIpc) is 3.26. The Kier molecular flexibility index (Phi) is 8.17. The zero-order valence-electron chi connectivity index (χ0n) is 23.0. The summed E-state index contributed by atoms with van der Waals surface area (Å²) in [5.74, 6) is -2.25. The second-order valence-electron chi connectivity index (χ2n) is 12.2. The summed E-state index contributed by atoms with van der Waals surface area (Å²) >= 11 is 5.77. The van der Waals surface area contributed by atoms with Crippen LogP contribution >= 0.6 is 11.6 Å². The SMILES string of the molecule is C=C[C@]1(C)C[C@@H](OC(=O)COC(=O)/C=C/c2ccc(F)c(Cl)c2)[C@]2(C)[C@H](C)CC[C@]3(CCC(=O)[C@H]32)[C@@H](C)[C@@H]1O. The molecule has 1 N–H and O–H groups in total. The molecule has 4 rings (SSSR count). The van der Waals surface area contributed by atoms with Crippen LogP contribution in [0.2, 0.25) is 5.02 Å². The third-order valence-corrected chi connectivity index (χ3v) is 10.6. The van der Waals surface area contributed by atoms with Crippen molar-refractivity contribution in [2.45, 2.75) is 72.0 Å². The van der Waals surface area contributed by atoms with Gasteiger partial charge >= 0.3 is 11.9 Å². The topological polar surface area (TPSA) is 89.9 Å². The van der Waals surface area contributed by atoms with Crippen molar-refractivity contribution in [1.82, 2.24) is 0 Å². The maximum Gasteiger partial charge on any atom is 0.344 e. The van der Waals surface area contributed by atoms with E-state index in [4.69, 9.17) is 21.1 Å². The largest absolute Gasteiger partial charge is 0.459 e. The lowest BCUT2D eigenvalue weighted by molar-refractivity contribution is -0.208. The van der Waals surface area contributed by atoms with Gasteiger partial charge in [-0.1, -0.05) is 51.4 Å². The molecule has 0 aromatic heterocycles. The number of ether oxygens (including phenoxy) is 2. The molecule has 2 bridgehead atoms. The molecule has 3 aliphatic rings. The second kappa shape index (κ2) is 10.8. The number of Topliss-reactive ketones (excluding diaryl/α,β-unsaturated/α-hetero) is 1. The lowest BCUT2D eigenvalue weighted by Crippen LogP contribution is -2.63. The summed E-state index contributed by atoms with van der Waals surface area (Å²) in [6.07, 6.45) is 5.99. The van der Waals surface area contributed by atoms with Gasteiger partial charge in [0.05, 0.1) is 11.1 Å². The van der Waals surface area contributed by atoms with E-state index in [9.17, 15) is 23.9 Å². The van der Waals surface area contributed by atoms with Gasteiger partial charge in [-0.05, 0) is 66.7 Å². The Balaban J connectivity index is 1.55. The quantitative estimate of drug-likeness (QED) is 0.263. The van der Waals surface area contributed by atoms with Crippen LogP contribution in [0.25, 0.3) is 6.08 Å². The zero-order chi connectivity index (χ0) is 28.8. The molecule has 3 fully saturated rings. The van der Waals surface area contributed by atoms with Crippen LogP contribution in [0.3, 0.4) is 0 Å². The fraction of sp³-hybridized carbons (Fsp3) is 0.581. The molecule has 8 atom stereocenters. The normalized spacial score (nSPS) is 38.0. The number of halogens is 2. The summed E-state index contributed by atoms with van der Waals surface area (Å²) in [4.78, 5) is 38.7. The number of carbonyl (C=O) groups excluding carboxylic acids is 3. The molecule has 0 radical (unpaired) electrons. The van der Waals surface area contributed by atoms with Gasteiger partial charge in [-0.3, -0.25) is 4.79 Å². The number of ketones is 1. The monoisotopic (exact) mass is 560 g/mol. The Hall–Kier alpha value is -2.51. The maximum absolute atomic E-state index is 13.4. The van der Waals surface area contributed by atoms with Crippen LogP contribution in [0.5, 0.6) is 0 Å². The smallest absolute Gasteiger partial charge is 0.344 e. The highest BCUT2D eigenvalue weighted by Crippen LogP contribution is 2.68. The number of hydrogen-bond acceptors (Lipinski definition) is 6. The van der Waals surface area contributed by atoms with E-state index >= 15 is 0 Å². The van der Waals surface area contributed by atoms with Gasteiger partial charge in [0.2, 0.25) is 0 Å². The third-order valence-electron chi connectivity index (χ3n) is 10.3. The van der Waals surface area contributed by atoms with Crippen LogP contribution in [0.1, 0.15) is 65.4 Å². The van der Waals surface area contributed by atoms with Gasteiger partial charge in [0, 0.05) is 29.2 Å². The van der Waals surface area contributed by atoms with Gasteiger partial charge in [-0.15, -0.1) is 6.58 Å². The number of benzene rings is 1. The van der Waals surface area contributed by atoms with Gasteiger partial charge in [-0.2, -0.15) is 0 Å². The van der Waals surface area contributed by atoms with Gasteiger partial charge in [0.15, 0.2) is 6.61 Å². The van der Waals surface area contributed by atoms with Crippen molar-refractivity contribution in [3.63, 3.8) is 0 Å². The molecule has 8 heteroatoms. The lowest BCUT2D eigenvalue weighted by atomic mass is 9.44. The summed E-state index contributed by atoms with van der Waals surface area (Å²) in [5.41, 5.74) is -1.27. The molecule has 0 saturated heterocycles. The first-order chi connectivity index (χ1) is 18.3. The van der Waals surface area contributed by atoms with Crippen LogP contribution in [0.4, 0.5) is 4.39 Å². The number of rotatable bonds is 6. The van der Waals surface area contributed by atoms with E-state index in [1.54, 1.807) is 6.08 Å². The fourth-order valence-electron chi connectivity index (χ4n) is 7.65. The highest BCUT2D eigenvalue weighted by molar-refractivity contribution is 6.30. The molecule has 3 aliphatic carbocycles. The highest BCUT2D eigenvalue weighted by Gasteiger charge is 2.68. The molecule has 3 saturated carbocycles. The van der Waals surface area contributed by atoms with Crippen molar-refractivity contribution in [3.8, 4) is 0 Å². The zero-order valence-corrected chi connectivity index (χ0v) is 23.8. The highest BCUT2D eigenvalue weighted by atomic mass is 35.5. The summed E-state index contributed by atoms with van der Waals surface area (Å²) in [6, 6.07) is 4.01. The number of aliphatic hydroxyl groups is 1. The van der Waals surface area contributed by atoms with Gasteiger partial charge in [-0.25, -0.2) is 14.0 Å². The van der Waals surface area contributed by atoms with Crippen molar-refractivity contribution in [2.75, 3.05) is 6.61 Å². The summed E-state index contributed by atoms with van der Waals surface area (Å²) in [6.45, 7) is 11.5. The fourth-order valence-corrected chi connectivity index (χ4v) is 7.84. The molecule has 0 spiro atoms. The van der Waals surface area contributed by atoms with Gasteiger partial charge < -0.3 is 14.6 Å². The minimum Gasteiger partial charge on any atom is -0.459 e. The standard InChI is InChI=1S/C31H38ClFO6/c1-6-29(4)16-24(39-26(36)17-38-25(35)10-8-20-7-9-22(33)21(32)15-20)30(5)18(2)11-13-31(19(3)28(29)37)14-12-23(34)27(30)31/h6-10,15,18-19,24,27-28,37H,1,11-14,16-17H2,2-5H3/b10-8+/t18-,19+,24-,27+,28+,29-,30+,31+/m1/s1. The minimum absolute atomic E-state index is 0.0745. The van der Waals surface area contributed by atoms with Gasteiger partial charge in [0.1, 0.15) is 17.7 Å². The summed E-state index contributed by atoms with van der Waals surface area (Å²) < 4.78 is 24.5. The van der Waals surface area contributed by atoms with E-state index in [1.165, 1.54) is 24.3 Å². The van der Waals surface area contributed by atoms with E-state index in [0.717, 1.165) is 18.9 Å². The van der Waals surface area contributed by atoms with Crippen LogP contribution in [-0.2, 0) is 23.9 Å². The Morgan fingerprint density at radius 3 is 2.64 bits per heavy atom.